The molecule has 0 unspecified atom stereocenters. The lowest BCUT2D eigenvalue weighted by Crippen LogP contribution is -2.61. The van der Waals surface area contributed by atoms with Crippen LogP contribution in [0.2, 0.25) is 0 Å². The number of para-hydroxylation sites is 2. The first-order valence-electron chi connectivity index (χ1n) is 41.2. The molecule has 45 heteroatoms. The van der Waals surface area contributed by atoms with Gasteiger partial charge in [0.1, 0.15) is 66.5 Å². The van der Waals surface area contributed by atoms with Gasteiger partial charge in [-0.05, 0) is 91.8 Å². The molecule has 0 aliphatic heterocycles. The van der Waals surface area contributed by atoms with Gasteiger partial charge in [0.2, 0.25) is 82.7 Å². The number of H-pyrrole nitrogens is 2. The molecule has 702 valence electrons. The third kappa shape index (κ3) is 35.8. The van der Waals surface area contributed by atoms with Crippen LogP contribution < -0.4 is 84.9 Å². The Morgan fingerprint density at radius 1 is 0.461 bits per heavy atom. The molecule has 0 saturated carbocycles. The molecular formula is C83H116FN17O25S2. The quantitative estimate of drug-likeness (QED) is 0.00862. The van der Waals surface area contributed by atoms with Gasteiger partial charge in [0.05, 0.1) is 58.3 Å². The van der Waals surface area contributed by atoms with Gasteiger partial charge in [-0.1, -0.05) is 84.0 Å². The predicted molar refractivity (Wildman–Crippen MR) is 465 cm³/mol. The van der Waals surface area contributed by atoms with Gasteiger partial charge < -0.3 is 125 Å². The second kappa shape index (κ2) is 53.3. The molecule has 2 heterocycles. The van der Waals surface area contributed by atoms with Crippen molar-refractivity contribution in [3.63, 3.8) is 0 Å². The molecule has 3 aromatic carbocycles. The van der Waals surface area contributed by atoms with Crippen LogP contribution in [-0.2, 0) is 115 Å². The Bertz CT molecular complexity index is 4710. The van der Waals surface area contributed by atoms with E-state index in [1.54, 1.807) is 96.3 Å². The summed E-state index contributed by atoms with van der Waals surface area (Å²) in [7, 11) is 0. The Hall–Kier alpha value is -12.3. The normalized spacial score (nSPS) is 14.3. The van der Waals surface area contributed by atoms with Crippen molar-refractivity contribution in [3.8, 4) is 5.75 Å². The molecule has 42 nitrogen and oxygen atoms in total. The topological polar surface area (TPSA) is 642 Å². The average Bonchev–Trinajstić information content (AvgIpc) is 1.67. The number of nitrogens with two attached hydrogens (primary N) is 1. The highest BCUT2D eigenvalue weighted by Gasteiger charge is 2.39. The van der Waals surface area contributed by atoms with E-state index in [-0.39, 0.29) is 69.2 Å². The van der Waals surface area contributed by atoms with Crippen LogP contribution in [-0.4, -0.2) is 267 Å². The summed E-state index contributed by atoms with van der Waals surface area (Å²) in [6.07, 6.45) is -2.83. The molecule has 0 radical (unpaired) electrons. The second-order valence-electron chi connectivity index (χ2n) is 31.3. The van der Waals surface area contributed by atoms with Crippen LogP contribution in [0.1, 0.15) is 124 Å². The number of fused-ring (bicyclic) bond motifs is 2. The Morgan fingerprint density at radius 3 is 1.41 bits per heavy atom. The maximum absolute atomic E-state index is 15.5. The first-order chi connectivity index (χ1) is 60.5. The van der Waals surface area contributed by atoms with E-state index in [4.69, 9.17) is 19.9 Å². The molecule has 0 spiro atoms. The molecule has 22 N–H and O–H groups in total. The number of aliphatic hydroxyl groups excluding tert-OH is 1. The maximum Gasteiger partial charge on any atom is 0.328 e. The zero-order chi connectivity index (χ0) is 95.2. The van der Waals surface area contributed by atoms with Crippen molar-refractivity contribution in [3.05, 3.63) is 102 Å². The minimum absolute atomic E-state index is 0.0790. The highest BCUT2D eigenvalue weighted by atomic mass is 32.1. The Kier molecular flexibility index (Phi) is 44.3. The summed E-state index contributed by atoms with van der Waals surface area (Å²) in [5.41, 5.74) is 7.68. The number of carboxylic acids is 3. The van der Waals surface area contributed by atoms with Crippen LogP contribution in [0.5, 0.6) is 5.75 Å². The number of amides is 14. The molecule has 13 atom stereocenters. The summed E-state index contributed by atoms with van der Waals surface area (Å²) in [4.78, 5) is 251. The van der Waals surface area contributed by atoms with E-state index in [0.717, 1.165) is 26.0 Å². The molecule has 0 aliphatic carbocycles. The highest BCUT2D eigenvalue weighted by molar-refractivity contribution is 7.80. The second-order valence-corrected chi connectivity index (χ2v) is 32.0. The van der Waals surface area contributed by atoms with E-state index in [1.165, 1.54) is 19.2 Å². The molecule has 128 heavy (non-hydrogen) atoms. The third-order valence-electron chi connectivity index (χ3n) is 19.4. The molecule has 14 amide bonds. The number of hydrogen-bond acceptors (Lipinski definition) is 25. The van der Waals surface area contributed by atoms with Crippen molar-refractivity contribution in [1.82, 2.24) is 84.4 Å². The number of aromatic nitrogens is 2. The number of benzene rings is 3. The van der Waals surface area contributed by atoms with Crippen molar-refractivity contribution in [1.29, 1.82) is 0 Å². The lowest BCUT2D eigenvalue weighted by atomic mass is 9.98. The number of carbonyl (C=O) groups is 18. The lowest BCUT2D eigenvalue weighted by molar-refractivity contribution is -0.145. The third-order valence-corrected chi connectivity index (χ3v) is 20.2. The maximum atomic E-state index is 15.5. The summed E-state index contributed by atoms with van der Waals surface area (Å²) >= 11 is 8.32. The van der Waals surface area contributed by atoms with E-state index < -0.39 is 253 Å². The first-order valence-corrected chi connectivity index (χ1v) is 42.4. The number of aliphatic carboxylic acids is 3. The molecule has 5 rings (SSSR count). The standard InChI is InChI=1S/C83H116FN17O25S2/c1-41(2)28-56(73(112)89-38-66(105)92-55(19-21-67(106)107)74(113)95-57(29-42(3)4)79(118)100-70(43(5)6)82(121)97-59(32-49-37-87-54-17-13-11-15-51(49)54)76(115)99-63(40-128)81(120)101-71(45(8)102)83(122)123)94-77(116)60(33-65(104)88-35-47-18-20-64(52(84)30-47)126-69(110)22-24-124-26-27-125-25-23-85)96-75(114)58(31-48-36-86-53-16-12-10-14-50(48)53)93-72(111)44(7)90-80(119)62(39-127)98-78(117)61(34-68(108)109)91-46(9)103/h10-18,20,30,36-37,41-45,55-63,70-71,86-87,102,127-128H,19,21-29,31-35,38-40,85H2,1-9H3,(H,88,104)(H,89,112)(H,90,119)(H,91,103)(H,92,105)(H,93,111)(H,94,116)(H,95,113)(H,96,114)(H,97,121)(H,98,117)(H,99,115)(H,100,118)(H,101,120)(H,106,107)(H,108,109)(H,122,123)/t44-,45+,55-,56-,57-,58-,59-,60-,61-,62-,63-,70-,71-/m0/s1. The molecule has 0 saturated heterocycles. The summed E-state index contributed by atoms with van der Waals surface area (Å²) in [5, 5.41) is 74.2. The minimum atomic E-state index is -1.99. The number of rotatable bonds is 56. The average molecular weight is 1840 g/mol. The number of aliphatic hydroxyl groups is 1. The summed E-state index contributed by atoms with van der Waals surface area (Å²) in [6, 6.07) is -2.46. The Balaban J connectivity index is 1.41. The Labute approximate surface area is 747 Å². The van der Waals surface area contributed by atoms with Gasteiger partial charge in [-0.25, -0.2) is 9.18 Å². The molecule has 5 aromatic rings. The lowest BCUT2D eigenvalue weighted by Gasteiger charge is -2.29. The van der Waals surface area contributed by atoms with Crippen molar-refractivity contribution in [2.75, 3.05) is 51.0 Å². The van der Waals surface area contributed by atoms with Crippen molar-refractivity contribution < 1.29 is 125 Å². The number of aromatic amines is 2. The van der Waals surface area contributed by atoms with Crippen LogP contribution >= 0.6 is 25.3 Å². The minimum Gasteiger partial charge on any atom is -0.481 e. The number of ether oxygens (including phenoxy) is 3. The van der Waals surface area contributed by atoms with E-state index in [1.807, 2.05) is 0 Å². The van der Waals surface area contributed by atoms with Gasteiger partial charge in [-0.3, -0.25) is 81.5 Å². The monoisotopic (exact) mass is 1830 g/mol. The van der Waals surface area contributed by atoms with Crippen LogP contribution in [0.3, 0.4) is 0 Å². The fourth-order valence-corrected chi connectivity index (χ4v) is 13.3. The molecular weight excluding hydrogens is 1720 g/mol. The number of hydrogen-bond donors (Lipinski definition) is 23. The van der Waals surface area contributed by atoms with Gasteiger partial charge in [-0.2, -0.15) is 25.3 Å². The molecule has 0 aliphatic rings. The number of carboxylic acid groups (broad SMARTS) is 3. The first kappa shape index (κ1) is 106. The van der Waals surface area contributed by atoms with Crippen molar-refractivity contribution in [2.24, 2.45) is 23.5 Å². The van der Waals surface area contributed by atoms with Gasteiger partial charge in [0.25, 0.3) is 0 Å². The summed E-state index contributed by atoms with van der Waals surface area (Å²) < 4.78 is 31.3. The molecule has 2 aromatic heterocycles. The van der Waals surface area contributed by atoms with E-state index in [2.05, 4.69) is 110 Å². The van der Waals surface area contributed by atoms with Crippen LogP contribution in [0, 0.1) is 23.6 Å². The fraction of sp³-hybridized carbons (Fsp3) is 0.518. The van der Waals surface area contributed by atoms with E-state index in [9.17, 15) is 102 Å². The molecule has 0 bridgehead atoms. The predicted octanol–water partition coefficient (Wildman–Crippen LogP) is -2.05. The zero-order valence-electron chi connectivity index (χ0n) is 72.2. The van der Waals surface area contributed by atoms with Crippen LogP contribution in [0.15, 0.2) is 79.1 Å². The number of esters is 1. The van der Waals surface area contributed by atoms with Gasteiger partial charge in [0.15, 0.2) is 17.6 Å². The number of thiol groups is 2. The number of nitrogens with one attached hydrogen (secondary N) is 16. The zero-order valence-corrected chi connectivity index (χ0v) is 74.0. The van der Waals surface area contributed by atoms with Gasteiger partial charge in [-0.15, -0.1) is 0 Å². The van der Waals surface area contributed by atoms with E-state index >= 15 is 9.18 Å². The van der Waals surface area contributed by atoms with Crippen LogP contribution in [0.25, 0.3) is 21.8 Å². The van der Waals surface area contributed by atoms with Crippen molar-refractivity contribution >= 4 is 154 Å². The van der Waals surface area contributed by atoms with Crippen LogP contribution in [0.4, 0.5) is 4.39 Å². The fourth-order valence-electron chi connectivity index (χ4n) is 12.8. The van der Waals surface area contributed by atoms with Gasteiger partial charge in [0, 0.05) is 85.0 Å². The highest BCUT2D eigenvalue weighted by Crippen LogP contribution is 2.24. The molecule has 0 fully saturated rings. The number of halogens is 1. The number of carbonyl (C=O) groups excluding carboxylic acids is 15. The summed E-state index contributed by atoms with van der Waals surface area (Å²) in [5.74, 6) is -23.7. The van der Waals surface area contributed by atoms with Crippen molar-refractivity contribution in [2.45, 2.75) is 205 Å². The summed E-state index contributed by atoms with van der Waals surface area (Å²) in [6.45, 7) is 12.6. The Morgan fingerprint density at radius 2 is 0.922 bits per heavy atom. The SMILES string of the molecule is CC(=O)N[C@@H](CC(=O)O)C(=O)N[C@@H](CS)C(=O)N[C@@H](C)C(=O)N[C@@H](Cc1c[nH]c2ccccc12)C(=O)N[C@@H](CC(=O)NCc1ccc(OC(=O)CCOCCOCCN)c(F)c1)C(=O)N[C@@H](CC(C)C)C(=O)NCC(=O)N[C@@H](CCC(=O)O)C(=O)N[C@@H](CC(C)C)C(=O)N[C@H](C(=O)N[C@@H](Cc1c[nH]c2ccccc12)C(=O)N[C@@H](CS)C(=O)N[C@H](C(=O)O)[C@@H](C)O)C(C)C. The smallest absolute Gasteiger partial charge is 0.328 e. The largest absolute Gasteiger partial charge is 0.481 e. The van der Waals surface area contributed by atoms with Gasteiger partial charge >= 0.3 is 23.9 Å². The van der Waals surface area contributed by atoms with E-state index in [0.29, 0.717) is 46.1 Å².